The van der Waals surface area contributed by atoms with Crippen LogP contribution in [-0.2, 0) is 9.05 Å². The van der Waals surface area contributed by atoms with Gasteiger partial charge >= 0.3 is 147 Å². The summed E-state index contributed by atoms with van der Waals surface area (Å²) in [6.07, 6.45) is 0. The molecule has 0 spiro atoms. The van der Waals surface area contributed by atoms with Gasteiger partial charge in [-0.05, 0) is 0 Å². The van der Waals surface area contributed by atoms with Crippen LogP contribution in [0.4, 0.5) is 0 Å². The maximum absolute atomic E-state index is 6.26. The molecule has 1 aliphatic rings. The van der Waals surface area contributed by atoms with Gasteiger partial charge in [-0.25, -0.2) is 0 Å². The van der Waals surface area contributed by atoms with Crippen molar-refractivity contribution in [2.24, 2.45) is 0 Å². The standard InChI is InChI=1S/C14H14O2P2Se3/c19-17(13-7-3-1-4-8-13)15-11-12-16-18(20,21-17)14-9-5-2-6-10-14/h1-10H,11-12H2. The number of hydrogen-bond acceptors (Lipinski definition) is 2. The third-order valence-electron chi connectivity index (χ3n) is 2.97. The van der Waals surface area contributed by atoms with E-state index in [0.29, 0.717) is 13.2 Å². The van der Waals surface area contributed by atoms with Crippen LogP contribution in [0.2, 0.25) is 0 Å². The molecule has 2 aromatic carbocycles. The molecule has 21 heavy (non-hydrogen) atoms. The van der Waals surface area contributed by atoms with Gasteiger partial charge in [0.05, 0.1) is 0 Å². The van der Waals surface area contributed by atoms with E-state index >= 15 is 0 Å². The summed E-state index contributed by atoms with van der Waals surface area (Å²) < 4.78 is 9.09. The molecule has 2 unspecified atom stereocenters. The predicted molar refractivity (Wildman–Crippen MR) is 95.2 cm³/mol. The topological polar surface area (TPSA) is 18.5 Å². The Morgan fingerprint density at radius 2 is 1.10 bits per heavy atom. The van der Waals surface area contributed by atoms with E-state index in [2.05, 4.69) is 90.9 Å². The Morgan fingerprint density at radius 3 is 1.48 bits per heavy atom. The molecule has 0 N–H and O–H groups in total. The molecular formula is C14H14O2P2Se3. The second-order valence-electron chi connectivity index (χ2n) is 4.41. The molecule has 0 radical (unpaired) electrons. The van der Waals surface area contributed by atoms with Crippen molar-refractivity contribution in [3.8, 4) is 0 Å². The van der Waals surface area contributed by atoms with E-state index in [0.717, 1.165) is 0 Å². The maximum atomic E-state index is 6.26. The van der Waals surface area contributed by atoms with Gasteiger partial charge in [-0.3, -0.25) is 0 Å². The minimum atomic E-state index is -1.72. The molecule has 3 rings (SSSR count). The normalized spacial score (nSPS) is 29.7. The first-order valence-electron chi connectivity index (χ1n) is 6.44. The second-order valence-corrected chi connectivity index (χ2v) is 31.7. The van der Waals surface area contributed by atoms with Crippen LogP contribution in [-0.4, -0.2) is 57.5 Å². The van der Waals surface area contributed by atoms with Crippen molar-refractivity contribution in [2.75, 3.05) is 13.2 Å². The Labute approximate surface area is 146 Å². The summed E-state index contributed by atoms with van der Waals surface area (Å²) in [7, 11) is 0. The van der Waals surface area contributed by atoms with Gasteiger partial charge in [0.25, 0.3) is 0 Å². The third kappa shape index (κ3) is 3.82. The fraction of sp³-hybridized carbons (Fsp3) is 0.143. The molecule has 110 valence electrons. The molecule has 1 fully saturated rings. The fourth-order valence-electron chi connectivity index (χ4n) is 1.97. The average molecular weight is 513 g/mol. The zero-order valence-electron chi connectivity index (χ0n) is 11.1. The van der Waals surface area contributed by atoms with Crippen molar-refractivity contribution in [1.82, 2.24) is 0 Å². The first-order valence-corrected chi connectivity index (χ1v) is 18.7. The van der Waals surface area contributed by atoms with Gasteiger partial charge in [0.15, 0.2) is 0 Å². The minimum absolute atomic E-state index is 0.221. The van der Waals surface area contributed by atoms with Crippen LogP contribution >= 0.6 is 8.85 Å². The van der Waals surface area contributed by atoms with Crippen molar-refractivity contribution in [3.05, 3.63) is 60.7 Å². The summed E-state index contributed by atoms with van der Waals surface area (Å²) in [6, 6.07) is 21.1. The Kier molecular flexibility index (Phi) is 5.64. The monoisotopic (exact) mass is 516 g/mol. The molecule has 1 heterocycles. The van der Waals surface area contributed by atoms with Crippen molar-refractivity contribution in [3.63, 3.8) is 0 Å². The Morgan fingerprint density at radius 1 is 0.714 bits per heavy atom. The quantitative estimate of drug-likeness (QED) is 0.454. The summed E-state index contributed by atoms with van der Waals surface area (Å²) in [5.74, 6) is 0. The van der Waals surface area contributed by atoms with Crippen molar-refractivity contribution < 1.29 is 9.05 Å². The van der Waals surface area contributed by atoms with Crippen LogP contribution in [0.3, 0.4) is 0 Å². The van der Waals surface area contributed by atoms with E-state index in [9.17, 15) is 0 Å². The third-order valence-corrected chi connectivity index (χ3v) is 36.8. The van der Waals surface area contributed by atoms with E-state index in [1.54, 1.807) is 0 Å². The SMILES string of the molecule is [Se]=P1(c2ccccc2)OCCOP(=[Se])(c2ccccc2)[Se]1. The van der Waals surface area contributed by atoms with Crippen LogP contribution < -0.4 is 10.6 Å². The van der Waals surface area contributed by atoms with E-state index in [1.807, 2.05) is 0 Å². The van der Waals surface area contributed by atoms with Crippen LogP contribution in [0, 0.1) is 0 Å². The summed E-state index contributed by atoms with van der Waals surface area (Å²) in [4.78, 5) is 0. The molecule has 7 heteroatoms. The summed E-state index contributed by atoms with van der Waals surface area (Å²) in [5.41, 5.74) is 0. The molecule has 0 bridgehead atoms. The van der Waals surface area contributed by atoms with Gasteiger partial charge in [0.1, 0.15) is 0 Å². The van der Waals surface area contributed by atoms with Crippen molar-refractivity contribution in [1.29, 1.82) is 0 Å². The Balaban J connectivity index is 2.02. The number of hydrogen-bond donors (Lipinski definition) is 0. The molecule has 2 atom stereocenters. The van der Waals surface area contributed by atoms with Crippen LogP contribution in [0.5, 0.6) is 0 Å². The number of rotatable bonds is 2. The zero-order valence-corrected chi connectivity index (χ0v) is 18.1. The van der Waals surface area contributed by atoms with Gasteiger partial charge in [0, 0.05) is 0 Å². The van der Waals surface area contributed by atoms with Crippen molar-refractivity contribution in [2.45, 2.75) is 0 Å². The molecule has 2 nitrogen and oxygen atoms in total. The van der Waals surface area contributed by atoms with E-state index in [-0.39, 0.29) is 14.1 Å². The molecule has 2 aromatic rings. The molecule has 0 aliphatic carbocycles. The predicted octanol–water partition coefficient (Wildman–Crippen LogP) is 2.25. The fourth-order valence-corrected chi connectivity index (χ4v) is 50.3. The van der Waals surface area contributed by atoms with Gasteiger partial charge in [-0.2, -0.15) is 0 Å². The van der Waals surface area contributed by atoms with Gasteiger partial charge in [0.2, 0.25) is 0 Å². The summed E-state index contributed by atoms with van der Waals surface area (Å²) in [5, 5.41) is 2.59. The molecule has 1 saturated heterocycles. The molecule has 0 amide bonds. The van der Waals surface area contributed by atoms with Crippen LogP contribution in [0.15, 0.2) is 60.7 Å². The van der Waals surface area contributed by atoms with E-state index < -0.39 is 8.85 Å². The molecule has 0 saturated carbocycles. The van der Waals surface area contributed by atoms with Gasteiger partial charge < -0.3 is 0 Å². The van der Waals surface area contributed by atoms with E-state index in [1.165, 1.54) is 10.6 Å². The van der Waals surface area contributed by atoms with Crippen molar-refractivity contribution >= 4 is 63.7 Å². The van der Waals surface area contributed by atoms with E-state index in [4.69, 9.17) is 9.05 Å². The Hall–Kier alpha value is 0.778. The summed E-state index contributed by atoms with van der Waals surface area (Å²) >= 11 is 7.06. The van der Waals surface area contributed by atoms with Gasteiger partial charge in [-0.15, -0.1) is 0 Å². The molecule has 1 aliphatic heterocycles. The summed E-state index contributed by atoms with van der Waals surface area (Å²) in [6.45, 7) is 1.32. The van der Waals surface area contributed by atoms with Crippen LogP contribution in [0.1, 0.15) is 0 Å². The average Bonchev–Trinajstić information content (AvgIpc) is 2.69. The Bertz CT molecular complexity index is 645. The first kappa shape index (κ1) is 16.6. The van der Waals surface area contributed by atoms with Gasteiger partial charge in [-0.1, -0.05) is 0 Å². The molecular weight excluding hydrogens is 499 g/mol. The number of benzene rings is 2. The second kappa shape index (κ2) is 7.12. The van der Waals surface area contributed by atoms with Crippen LogP contribution in [0.25, 0.3) is 0 Å². The zero-order chi connectivity index (χ0) is 14.8. The first-order chi connectivity index (χ1) is 10.1. The molecule has 0 aromatic heterocycles.